The van der Waals surface area contributed by atoms with E-state index >= 15 is 0 Å². The third kappa shape index (κ3) is 11.8. The molecule has 22 aromatic rings. The molecule has 1 aliphatic rings. The van der Waals surface area contributed by atoms with E-state index in [1.807, 2.05) is 48.5 Å². The van der Waals surface area contributed by atoms with Crippen molar-refractivity contribution in [3.05, 3.63) is 412 Å². The summed E-state index contributed by atoms with van der Waals surface area (Å²) in [5.74, 6) is 3.84. The topological polar surface area (TPSA) is 77.3 Å². The van der Waals surface area contributed by atoms with E-state index in [4.69, 9.17) is 29.9 Å². The second kappa shape index (κ2) is 28.1. The van der Waals surface area contributed by atoms with Crippen molar-refractivity contribution in [1.29, 1.82) is 0 Å². The van der Waals surface area contributed by atoms with Crippen LogP contribution >= 0.6 is 0 Å². The van der Waals surface area contributed by atoms with E-state index in [9.17, 15) is 0 Å². The highest BCUT2D eigenvalue weighted by atomic mass is 15.0. The van der Waals surface area contributed by atoms with Gasteiger partial charge in [-0.25, -0.2) is 29.9 Å². The third-order valence-electron chi connectivity index (χ3n) is 24.0. The summed E-state index contributed by atoms with van der Waals surface area (Å²) < 4.78 is 0. The minimum Gasteiger partial charge on any atom is -0.208 e. The monoisotopic (exact) mass is 1490 g/mol. The van der Waals surface area contributed by atoms with E-state index in [0.717, 1.165) is 50.1 Å². The van der Waals surface area contributed by atoms with Crippen molar-refractivity contribution in [3.63, 3.8) is 0 Å². The van der Waals surface area contributed by atoms with E-state index < -0.39 is 0 Å². The first-order valence-corrected chi connectivity index (χ1v) is 40.1. The second-order valence-corrected chi connectivity index (χ2v) is 31.0. The lowest BCUT2D eigenvalue weighted by atomic mass is 9.82. The van der Waals surface area contributed by atoms with Gasteiger partial charge in [0, 0.05) is 38.8 Å². The Bertz CT molecular complexity index is 7740. The van der Waals surface area contributed by atoms with Crippen LogP contribution in [0.2, 0.25) is 0 Å². The van der Waals surface area contributed by atoms with Crippen LogP contribution in [0, 0.1) is 0 Å². The number of rotatable bonds is 10. The zero-order valence-electron chi connectivity index (χ0n) is 64.3. The van der Waals surface area contributed by atoms with Gasteiger partial charge in [0.1, 0.15) is 0 Å². The summed E-state index contributed by atoms with van der Waals surface area (Å²) in [6.07, 6.45) is 0. The van der Waals surface area contributed by atoms with Crippen LogP contribution in [0.15, 0.2) is 400 Å². The molecule has 117 heavy (non-hydrogen) atoms. The van der Waals surface area contributed by atoms with Gasteiger partial charge in [0.25, 0.3) is 0 Å². The van der Waals surface area contributed by atoms with Crippen LogP contribution in [0.25, 0.3) is 221 Å². The number of benzene rings is 20. The van der Waals surface area contributed by atoms with Crippen molar-refractivity contribution >= 4 is 97.0 Å². The lowest BCUT2D eigenvalue weighted by molar-refractivity contribution is 0.660. The van der Waals surface area contributed by atoms with Crippen molar-refractivity contribution in [1.82, 2.24) is 29.9 Å². The minimum absolute atomic E-state index is 0.0566. The molecule has 0 amide bonds. The van der Waals surface area contributed by atoms with Crippen molar-refractivity contribution < 1.29 is 0 Å². The lowest BCUT2D eigenvalue weighted by Crippen LogP contribution is -2.14. The van der Waals surface area contributed by atoms with E-state index in [0.29, 0.717) is 34.9 Å². The maximum absolute atomic E-state index is 5.21. The first-order valence-electron chi connectivity index (χ1n) is 40.1. The van der Waals surface area contributed by atoms with Gasteiger partial charge < -0.3 is 0 Å². The van der Waals surface area contributed by atoms with Crippen molar-refractivity contribution in [2.45, 2.75) is 19.3 Å². The maximum Gasteiger partial charge on any atom is 0.164 e. The van der Waals surface area contributed by atoms with Crippen LogP contribution in [0.5, 0.6) is 0 Å². The SMILES string of the molecule is CC1(C)c2ccccc2-c2c(-c3ccc(-c4nc(-c5ccccc5)nc(-c5cccc(-c6cc7c8ccccc8c8ccccc8c7c7ccccc67)c5)n4)cc3)cccc21.c1ccc(-c2nc(-c3ccc(-c4cccc5ccccc45)cc3)nc(-c3ccc(-c4cc5c6ccccc6c6ccccc6c5c5ccccc45)cc3)n2)cc1. The van der Waals surface area contributed by atoms with E-state index in [-0.39, 0.29) is 5.41 Å². The Labute approximate surface area is 677 Å². The molecule has 6 heteroatoms. The molecule has 0 aliphatic heterocycles. The van der Waals surface area contributed by atoms with Crippen LogP contribution in [-0.2, 0) is 5.41 Å². The highest BCUT2D eigenvalue weighted by Gasteiger charge is 2.37. The van der Waals surface area contributed by atoms with Gasteiger partial charge >= 0.3 is 0 Å². The second-order valence-electron chi connectivity index (χ2n) is 31.0. The molecular weight excluding hydrogens is 1420 g/mol. The zero-order valence-corrected chi connectivity index (χ0v) is 64.3. The van der Waals surface area contributed by atoms with Crippen molar-refractivity contribution in [3.8, 4) is 124 Å². The van der Waals surface area contributed by atoms with Gasteiger partial charge in [-0.05, 0) is 182 Å². The Morgan fingerprint density at radius 1 is 0.162 bits per heavy atom. The molecule has 2 aromatic heterocycles. The van der Waals surface area contributed by atoms with Gasteiger partial charge in [-0.15, -0.1) is 0 Å². The standard InChI is InChI=1S/C58H39N3.C53H33N3/c1-58(2)51-28-13-12-26-48(51)54-41(27-15-29-52(54)58)36-30-32-38(33-31-36)56-59-55(37-16-4-3-5-17-37)60-57(61-56)40-19-14-18-39(34-40)49-35-50-44-22-7-6-20-42(44)43-21-8-10-24-46(43)53(50)47-25-11-9-23-45(47)49;1-2-14-37(15-3-1)51-54-52(38-29-25-35(26-30-38)41-24-12-16-34-13-4-5-17-40(34)41)56-53(55-51)39-31-27-36(28-32-39)48-33-49-44-20-7-6-18-42(44)43-19-8-10-22-46(43)50(49)47-23-11-9-21-45(47)48/h3-35H,1-2H3;1-33H. The Hall–Kier alpha value is -15.2. The fraction of sp³-hybridized carbons (Fsp3) is 0.0270. The van der Waals surface area contributed by atoms with E-state index in [1.54, 1.807) is 0 Å². The normalized spacial score (nSPS) is 12.3. The minimum atomic E-state index is -0.0566. The Balaban J connectivity index is 0.000000142. The van der Waals surface area contributed by atoms with Crippen LogP contribution in [-0.4, -0.2) is 29.9 Å². The fourth-order valence-electron chi connectivity index (χ4n) is 18.4. The van der Waals surface area contributed by atoms with Gasteiger partial charge in [0.15, 0.2) is 34.9 Å². The summed E-state index contributed by atoms with van der Waals surface area (Å²) in [7, 11) is 0. The molecular formula is C111H72N6. The highest BCUT2D eigenvalue weighted by Crippen LogP contribution is 2.53. The van der Waals surface area contributed by atoms with Crippen molar-refractivity contribution in [2.75, 3.05) is 0 Å². The van der Waals surface area contributed by atoms with Crippen LogP contribution in [0.4, 0.5) is 0 Å². The molecule has 0 radical (unpaired) electrons. The number of fused-ring (bicyclic) bond motifs is 20. The molecule has 0 saturated carbocycles. The molecule has 0 atom stereocenters. The zero-order chi connectivity index (χ0) is 77.7. The molecule has 0 unspecified atom stereocenters. The summed E-state index contributed by atoms with van der Waals surface area (Å²) >= 11 is 0. The molecule has 0 bridgehead atoms. The van der Waals surface area contributed by atoms with Gasteiger partial charge in [0.2, 0.25) is 0 Å². The number of nitrogens with zero attached hydrogens (tertiary/aromatic N) is 6. The molecule has 23 rings (SSSR count). The van der Waals surface area contributed by atoms with Crippen LogP contribution < -0.4 is 0 Å². The predicted octanol–water partition coefficient (Wildman–Crippen LogP) is 29.1. The van der Waals surface area contributed by atoms with Gasteiger partial charge in [-0.2, -0.15) is 0 Å². The number of aromatic nitrogens is 6. The predicted molar refractivity (Wildman–Crippen MR) is 489 cm³/mol. The average Bonchev–Trinajstić information content (AvgIpc) is 1.48. The van der Waals surface area contributed by atoms with Gasteiger partial charge in [-0.3, -0.25) is 0 Å². The summed E-state index contributed by atoms with van der Waals surface area (Å²) in [6.45, 7) is 4.66. The Morgan fingerprint density at radius 3 is 0.915 bits per heavy atom. The maximum atomic E-state index is 5.21. The van der Waals surface area contributed by atoms with Crippen molar-refractivity contribution in [2.24, 2.45) is 0 Å². The third-order valence-corrected chi connectivity index (χ3v) is 24.0. The van der Waals surface area contributed by atoms with E-state index in [2.05, 4.69) is 366 Å². The Morgan fingerprint density at radius 2 is 0.436 bits per heavy atom. The summed E-state index contributed by atoms with van der Waals surface area (Å²) in [5, 5.41) is 22.7. The summed E-state index contributed by atoms with van der Waals surface area (Å²) in [6, 6.07) is 143. The lowest BCUT2D eigenvalue weighted by Gasteiger charge is -2.21. The quantitative estimate of drug-likeness (QED) is 0.127. The highest BCUT2D eigenvalue weighted by molar-refractivity contribution is 6.34. The Kier molecular flexibility index (Phi) is 16.5. The van der Waals surface area contributed by atoms with Gasteiger partial charge in [-0.1, -0.05) is 396 Å². The number of hydrogen-bond acceptors (Lipinski definition) is 6. The largest absolute Gasteiger partial charge is 0.208 e. The first-order chi connectivity index (χ1) is 57.8. The molecule has 0 fully saturated rings. The molecule has 20 aromatic carbocycles. The van der Waals surface area contributed by atoms with Crippen LogP contribution in [0.3, 0.4) is 0 Å². The van der Waals surface area contributed by atoms with Gasteiger partial charge in [0.05, 0.1) is 0 Å². The molecule has 0 spiro atoms. The fourth-order valence-corrected chi connectivity index (χ4v) is 18.4. The molecule has 0 N–H and O–H groups in total. The molecule has 546 valence electrons. The number of hydrogen-bond donors (Lipinski definition) is 0. The summed E-state index contributed by atoms with van der Waals surface area (Å²) in [4.78, 5) is 30.6. The average molecular weight is 1490 g/mol. The molecule has 6 nitrogen and oxygen atoms in total. The smallest absolute Gasteiger partial charge is 0.164 e. The molecule has 0 saturated heterocycles. The molecule has 2 heterocycles. The molecule has 1 aliphatic carbocycles. The first kappa shape index (κ1) is 68.6. The van der Waals surface area contributed by atoms with E-state index in [1.165, 1.54) is 147 Å². The summed E-state index contributed by atoms with van der Waals surface area (Å²) in [5.41, 5.74) is 20.4. The van der Waals surface area contributed by atoms with Crippen LogP contribution in [0.1, 0.15) is 25.0 Å².